The highest BCUT2D eigenvalue weighted by Crippen LogP contribution is 2.34. The van der Waals surface area contributed by atoms with Gasteiger partial charge in [0, 0.05) is 33.9 Å². The van der Waals surface area contributed by atoms with E-state index in [0.29, 0.717) is 22.8 Å². The van der Waals surface area contributed by atoms with Gasteiger partial charge in [-0.2, -0.15) is 5.10 Å². The van der Waals surface area contributed by atoms with E-state index < -0.39 is 23.9 Å². The fourth-order valence-corrected chi connectivity index (χ4v) is 5.00. The number of benzene rings is 2. The minimum atomic E-state index is -0.756. The molecule has 41 heavy (non-hydrogen) atoms. The molecular formula is C30H35N5O6. The highest BCUT2D eigenvalue weighted by Gasteiger charge is 2.32. The van der Waals surface area contributed by atoms with Gasteiger partial charge in [0.15, 0.2) is 18.1 Å². The zero-order valence-corrected chi connectivity index (χ0v) is 24.0. The molecule has 216 valence electrons. The second kappa shape index (κ2) is 12.6. The lowest BCUT2D eigenvalue weighted by Crippen LogP contribution is -2.45. The molecule has 2 heterocycles. The molecule has 2 aromatic carbocycles. The smallest absolute Gasteiger partial charge is 0.338 e. The number of urea groups is 1. The molecule has 4 rings (SSSR count). The predicted molar refractivity (Wildman–Crippen MR) is 155 cm³/mol. The Hall–Kier alpha value is -4.80. The van der Waals surface area contributed by atoms with E-state index in [-0.39, 0.29) is 24.8 Å². The summed E-state index contributed by atoms with van der Waals surface area (Å²) < 4.78 is 18.6. The molecule has 1 aromatic heterocycles. The maximum atomic E-state index is 12.6. The number of para-hydroxylation sites is 1. The van der Waals surface area contributed by atoms with Gasteiger partial charge in [-0.3, -0.25) is 4.79 Å². The number of hydrogen-bond acceptors (Lipinski definition) is 7. The topological polar surface area (TPSA) is 132 Å². The van der Waals surface area contributed by atoms with Gasteiger partial charge in [0.2, 0.25) is 0 Å². The summed E-state index contributed by atoms with van der Waals surface area (Å²) >= 11 is 0. The lowest BCUT2D eigenvalue weighted by atomic mass is 9.95. The summed E-state index contributed by atoms with van der Waals surface area (Å²) in [5, 5.41) is 10.6. The minimum Gasteiger partial charge on any atom is -0.493 e. The van der Waals surface area contributed by atoms with Crippen LogP contribution >= 0.6 is 0 Å². The summed E-state index contributed by atoms with van der Waals surface area (Å²) in [6.07, 6.45) is 1.65. The van der Waals surface area contributed by atoms with Crippen LogP contribution < -0.4 is 25.5 Å². The van der Waals surface area contributed by atoms with Gasteiger partial charge in [-0.15, -0.1) is 0 Å². The Morgan fingerprint density at radius 3 is 2.61 bits per heavy atom. The molecule has 1 aliphatic heterocycles. The third kappa shape index (κ3) is 6.19. The molecular weight excluding hydrogens is 526 g/mol. The summed E-state index contributed by atoms with van der Waals surface area (Å²) in [6, 6.07) is 12.1. The molecule has 11 nitrogen and oxygen atoms in total. The molecule has 0 saturated carbocycles. The number of amides is 3. The van der Waals surface area contributed by atoms with Crippen LogP contribution in [0.3, 0.4) is 0 Å². The molecule has 3 N–H and O–H groups in total. The normalized spacial score (nSPS) is 15.2. The number of allylic oxidation sites excluding steroid dienone is 1. The molecule has 0 saturated heterocycles. The number of hydrogen-bond donors (Lipinski definition) is 3. The third-order valence-corrected chi connectivity index (χ3v) is 6.75. The maximum absolute atomic E-state index is 12.6. The Labute approximate surface area is 238 Å². The van der Waals surface area contributed by atoms with Crippen molar-refractivity contribution in [3.05, 3.63) is 70.6 Å². The van der Waals surface area contributed by atoms with Crippen molar-refractivity contribution in [2.75, 3.05) is 20.3 Å². The van der Waals surface area contributed by atoms with E-state index in [1.807, 2.05) is 25.1 Å². The fourth-order valence-electron chi connectivity index (χ4n) is 5.00. The van der Waals surface area contributed by atoms with Crippen LogP contribution in [0.15, 0.2) is 58.8 Å². The van der Waals surface area contributed by atoms with Gasteiger partial charge in [-0.25, -0.2) is 15.0 Å². The van der Waals surface area contributed by atoms with Crippen molar-refractivity contribution < 1.29 is 28.6 Å². The van der Waals surface area contributed by atoms with Crippen molar-refractivity contribution in [2.24, 2.45) is 5.10 Å². The number of hydrazone groups is 1. The summed E-state index contributed by atoms with van der Waals surface area (Å²) in [5.74, 6) is -0.358. The highest BCUT2D eigenvalue weighted by atomic mass is 16.5. The van der Waals surface area contributed by atoms with Crippen LogP contribution in [0.25, 0.3) is 10.9 Å². The van der Waals surface area contributed by atoms with E-state index in [9.17, 15) is 14.4 Å². The lowest BCUT2D eigenvalue weighted by molar-refractivity contribution is -0.139. The first-order valence-corrected chi connectivity index (χ1v) is 13.3. The standard InChI is InChI=1S/C30H35N5O6/c1-7-40-29(37)27-18(4)32-30(38)33-28(27)20-12-13-24(25(14-20)39-6)41-16-26(36)34-31-15-22-19(5)35(17(2)3)23-11-9-8-10-21(22)23/h8-15,17,28H,7,16H2,1-6H3,(H,34,36)(H2,32,33,38)/b31-15+/t28-/m0/s1. The van der Waals surface area contributed by atoms with Gasteiger partial charge in [0.25, 0.3) is 5.91 Å². The van der Waals surface area contributed by atoms with Crippen LogP contribution in [0.5, 0.6) is 11.5 Å². The molecule has 3 aromatic rings. The zero-order valence-electron chi connectivity index (χ0n) is 24.0. The first-order valence-electron chi connectivity index (χ1n) is 13.3. The Balaban J connectivity index is 1.45. The van der Waals surface area contributed by atoms with E-state index in [2.05, 4.69) is 45.6 Å². The molecule has 3 amide bonds. The number of nitrogens with zero attached hydrogens (tertiary/aromatic N) is 2. The molecule has 0 radical (unpaired) electrons. The van der Waals surface area contributed by atoms with Crippen LogP contribution in [0.2, 0.25) is 0 Å². The average Bonchev–Trinajstić information content (AvgIpc) is 3.22. The summed E-state index contributed by atoms with van der Waals surface area (Å²) in [6.45, 7) is 9.51. The van der Waals surface area contributed by atoms with E-state index in [1.54, 1.807) is 38.3 Å². The Kier molecular flexibility index (Phi) is 8.96. The predicted octanol–water partition coefficient (Wildman–Crippen LogP) is 4.26. The van der Waals surface area contributed by atoms with E-state index >= 15 is 0 Å². The maximum Gasteiger partial charge on any atom is 0.338 e. The fraction of sp³-hybridized carbons (Fsp3) is 0.333. The number of ether oxygens (including phenoxy) is 3. The Morgan fingerprint density at radius 2 is 1.90 bits per heavy atom. The van der Waals surface area contributed by atoms with Crippen LogP contribution in [0.1, 0.15) is 56.6 Å². The zero-order chi connectivity index (χ0) is 29.7. The van der Waals surface area contributed by atoms with Crippen LogP contribution in [-0.2, 0) is 14.3 Å². The van der Waals surface area contributed by atoms with Crippen LogP contribution in [0.4, 0.5) is 4.79 Å². The molecule has 1 aliphatic rings. The first-order chi connectivity index (χ1) is 19.7. The molecule has 0 bridgehead atoms. The van der Waals surface area contributed by atoms with Crippen molar-refractivity contribution in [1.29, 1.82) is 0 Å². The number of esters is 1. The second-order valence-electron chi connectivity index (χ2n) is 9.76. The summed E-state index contributed by atoms with van der Waals surface area (Å²) in [7, 11) is 1.46. The van der Waals surface area contributed by atoms with Crippen molar-refractivity contribution >= 4 is 35.0 Å². The molecule has 1 atom stereocenters. The number of rotatable bonds is 10. The number of carbonyl (C=O) groups excluding carboxylic acids is 3. The van der Waals surface area contributed by atoms with Crippen molar-refractivity contribution in [3.63, 3.8) is 0 Å². The SMILES string of the molecule is CCOC(=O)C1=C(C)NC(=O)N[C@H]1c1ccc(OCC(=O)N/N=C/c2c(C)n(C(C)C)c3ccccc23)c(OC)c1. The monoisotopic (exact) mass is 561 g/mol. The molecule has 0 spiro atoms. The van der Waals surface area contributed by atoms with E-state index in [0.717, 1.165) is 22.2 Å². The number of nitrogens with one attached hydrogen (secondary N) is 3. The van der Waals surface area contributed by atoms with Gasteiger partial charge in [-0.05, 0) is 58.4 Å². The number of aromatic nitrogens is 1. The Morgan fingerprint density at radius 1 is 1.15 bits per heavy atom. The quantitative estimate of drug-likeness (QED) is 0.193. The van der Waals surface area contributed by atoms with E-state index in [1.165, 1.54) is 7.11 Å². The van der Waals surface area contributed by atoms with Gasteiger partial charge in [0.05, 0.1) is 31.5 Å². The summed E-state index contributed by atoms with van der Waals surface area (Å²) in [4.78, 5) is 37.3. The second-order valence-corrected chi connectivity index (χ2v) is 9.76. The van der Waals surface area contributed by atoms with Gasteiger partial charge >= 0.3 is 12.0 Å². The number of carbonyl (C=O) groups is 3. The van der Waals surface area contributed by atoms with E-state index in [4.69, 9.17) is 14.2 Å². The average molecular weight is 562 g/mol. The number of fused-ring (bicyclic) bond motifs is 1. The lowest BCUT2D eigenvalue weighted by Gasteiger charge is -2.28. The van der Waals surface area contributed by atoms with Crippen molar-refractivity contribution in [3.8, 4) is 11.5 Å². The first kappa shape index (κ1) is 29.2. The highest BCUT2D eigenvalue weighted by molar-refractivity contribution is 6.01. The minimum absolute atomic E-state index is 0.194. The van der Waals surface area contributed by atoms with Crippen molar-refractivity contribution in [2.45, 2.75) is 46.7 Å². The third-order valence-electron chi connectivity index (χ3n) is 6.75. The summed E-state index contributed by atoms with van der Waals surface area (Å²) in [5.41, 5.74) is 6.88. The number of methoxy groups -OCH3 is 1. The molecule has 0 aliphatic carbocycles. The molecule has 0 unspecified atom stereocenters. The van der Waals surface area contributed by atoms with Gasteiger partial charge in [-0.1, -0.05) is 24.3 Å². The van der Waals surface area contributed by atoms with Gasteiger partial charge < -0.3 is 29.4 Å². The largest absolute Gasteiger partial charge is 0.493 e. The van der Waals surface area contributed by atoms with Crippen LogP contribution in [0, 0.1) is 6.92 Å². The van der Waals surface area contributed by atoms with Crippen LogP contribution in [-0.4, -0.2) is 49.0 Å². The Bertz CT molecular complexity index is 1540. The van der Waals surface area contributed by atoms with Crippen molar-refractivity contribution in [1.82, 2.24) is 20.6 Å². The van der Waals surface area contributed by atoms with Gasteiger partial charge in [0.1, 0.15) is 0 Å². The molecule has 0 fully saturated rings. The molecule has 11 heteroatoms.